The molecule has 3 rings (SSSR count). The van der Waals surface area contributed by atoms with Crippen molar-refractivity contribution in [2.75, 3.05) is 6.54 Å². The average molecular weight is 362 g/mol. The standard InChI is InChI=1S/C16H14N2O6S/c19-16(20)12-2-1-11-7-8-17(10-13(11)9-12)25(23,24)15-5-3-14(4-6-15)18(21)22/h1-6,9H,7-8,10H2,(H,19,20). The molecular formula is C16H14N2O6S. The number of carboxylic acids is 1. The molecule has 1 N–H and O–H groups in total. The van der Waals surface area contributed by atoms with Crippen molar-refractivity contribution in [3.8, 4) is 0 Å². The molecule has 0 saturated heterocycles. The fourth-order valence-corrected chi connectivity index (χ4v) is 4.18. The number of aromatic carboxylic acids is 1. The quantitative estimate of drug-likeness (QED) is 0.657. The van der Waals surface area contributed by atoms with Crippen LogP contribution in [0.15, 0.2) is 47.4 Å². The van der Waals surface area contributed by atoms with Gasteiger partial charge in [-0.25, -0.2) is 13.2 Å². The van der Waals surface area contributed by atoms with Gasteiger partial charge in [-0.2, -0.15) is 4.31 Å². The predicted molar refractivity (Wildman–Crippen MR) is 87.8 cm³/mol. The van der Waals surface area contributed by atoms with E-state index in [4.69, 9.17) is 5.11 Å². The Labute approximate surface area is 143 Å². The Morgan fingerprint density at radius 3 is 2.40 bits per heavy atom. The van der Waals surface area contributed by atoms with E-state index in [-0.39, 0.29) is 29.2 Å². The van der Waals surface area contributed by atoms with Gasteiger partial charge < -0.3 is 5.11 Å². The first-order valence-corrected chi connectivity index (χ1v) is 8.83. The minimum Gasteiger partial charge on any atom is -0.478 e. The molecule has 2 aromatic carbocycles. The van der Waals surface area contributed by atoms with Crippen LogP contribution in [0.4, 0.5) is 5.69 Å². The van der Waals surface area contributed by atoms with Gasteiger partial charge in [-0.05, 0) is 41.8 Å². The topological polar surface area (TPSA) is 118 Å². The highest BCUT2D eigenvalue weighted by molar-refractivity contribution is 7.89. The van der Waals surface area contributed by atoms with Gasteiger partial charge in [-0.15, -0.1) is 0 Å². The van der Waals surface area contributed by atoms with E-state index >= 15 is 0 Å². The number of fused-ring (bicyclic) bond motifs is 1. The minimum absolute atomic E-state index is 0.0315. The molecule has 0 atom stereocenters. The zero-order chi connectivity index (χ0) is 18.2. The molecule has 0 fully saturated rings. The summed E-state index contributed by atoms with van der Waals surface area (Å²) in [5.74, 6) is -1.07. The summed E-state index contributed by atoms with van der Waals surface area (Å²) in [5.41, 5.74) is 1.49. The molecule has 8 nitrogen and oxygen atoms in total. The van der Waals surface area contributed by atoms with Gasteiger partial charge in [0.2, 0.25) is 10.0 Å². The molecule has 1 aliphatic rings. The Morgan fingerprint density at radius 1 is 1.12 bits per heavy atom. The lowest BCUT2D eigenvalue weighted by Gasteiger charge is -2.28. The molecular weight excluding hydrogens is 348 g/mol. The molecule has 25 heavy (non-hydrogen) atoms. The summed E-state index contributed by atoms with van der Waals surface area (Å²) in [5, 5.41) is 19.8. The number of rotatable bonds is 4. The molecule has 0 saturated carbocycles. The van der Waals surface area contributed by atoms with E-state index in [2.05, 4.69) is 0 Å². The first-order valence-electron chi connectivity index (χ1n) is 7.39. The molecule has 0 unspecified atom stereocenters. The zero-order valence-corrected chi connectivity index (χ0v) is 13.8. The number of nitro benzene ring substituents is 1. The highest BCUT2D eigenvalue weighted by Crippen LogP contribution is 2.26. The van der Waals surface area contributed by atoms with Crippen LogP contribution in [0.3, 0.4) is 0 Å². The lowest BCUT2D eigenvalue weighted by atomic mass is 9.99. The van der Waals surface area contributed by atoms with Crippen molar-refractivity contribution in [2.24, 2.45) is 0 Å². The van der Waals surface area contributed by atoms with Crippen LogP contribution in [0.25, 0.3) is 0 Å². The van der Waals surface area contributed by atoms with Crippen LogP contribution >= 0.6 is 0 Å². The van der Waals surface area contributed by atoms with E-state index < -0.39 is 20.9 Å². The molecule has 9 heteroatoms. The largest absolute Gasteiger partial charge is 0.478 e. The number of hydrogen-bond donors (Lipinski definition) is 1. The summed E-state index contributed by atoms with van der Waals surface area (Å²) in [4.78, 5) is 21.1. The minimum atomic E-state index is -3.82. The first-order chi connectivity index (χ1) is 11.8. The van der Waals surface area contributed by atoms with Crippen molar-refractivity contribution < 1.29 is 23.2 Å². The maximum atomic E-state index is 12.7. The van der Waals surface area contributed by atoms with Gasteiger partial charge in [0.15, 0.2) is 0 Å². The lowest BCUT2D eigenvalue weighted by Crippen LogP contribution is -2.36. The fraction of sp³-hybridized carbons (Fsp3) is 0.188. The Balaban J connectivity index is 1.90. The second-order valence-corrected chi connectivity index (χ2v) is 7.57. The van der Waals surface area contributed by atoms with Crippen molar-refractivity contribution in [3.63, 3.8) is 0 Å². The van der Waals surface area contributed by atoms with Crippen molar-refractivity contribution in [2.45, 2.75) is 17.9 Å². The molecule has 0 radical (unpaired) electrons. The molecule has 0 aromatic heterocycles. The molecule has 0 amide bonds. The maximum Gasteiger partial charge on any atom is 0.335 e. The summed E-state index contributed by atoms with van der Waals surface area (Å²) >= 11 is 0. The maximum absolute atomic E-state index is 12.7. The van der Waals surface area contributed by atoms with Gasteiger partial charge in [0.1, 0.15) is 0 Å². The highest BCUT2D eigenvalue weighted by Gasteiger charge is 2.29. The van der Waals surface area contributed by atoms with Crippen molar-refractivity contribution in [3.05, 3.63) is 69.3 Å². The van der Waals surface area contributed by atoms with Gasteiger partial charge in [0, 0.05) is 25.2 Å². The number of nitrogens with zero attached hydrogens (tertiary/aromatic N) is 2. The van der Waals surface area contributed by atoms with Crippen LogP contribution in [0, 0.1) is 10.1 Å². The fourth-order valence-electron chi connectivity index (χ4n) is 2.76. The lowest BCUT2D eigenvalue weighted by molar-refractivity contribution is -0.384. The summed E-state index contributed by atoms with van der Waals surface area (Å²) < 4.78 is 26.7. The Hall–Kier alpha value is -2.78. The highest BCUT2D eigenvalue weighted by atomic mass is 32.2. The number of hydrogen-bond acceptors (Lipinski definition) is 5. The van der Waals surface area contributed by atoms with Gasteiger partial charge >= 0.3 is 5.97 Å². The monoisotopic (exact) mass is 362 g/mol. The molecule has 0 bridgehead atoms. The first kappa shape index (κ1) is 17.1. The Morgan fingerprint density at radius 2 is 1.80 bits per heavy atom. The summed E-state index contributed by atoms with van der Waals surface area (Å²) in [6, 6.07) is 9.39. The number of non-ortho nitro benzene ring substituents is 1. The van der Waals surface area contributed by atoms with Crippen LogP contribution in [-0.2, 0) is 23.0 Å². The van der Waals surface area contributed by atoms with E-state index in [1.54, 1.807) is 6.07 Å². The van der Waals surface area contributed by atoms with Crippen LogP contribution in [0.5, 0.6) is 0 Å². The summed E-state index contributed by atoms with van der Waals surface area (Å²) in [6.07, 6.45) is 0.474. The van der Waals surface area contributed by atoms with Crippen LogP contribution in [0.2, 0.25) is 0 Å². The third kappa shape index (κ3) is 3.24. The summed E-state index contributed by atoms with van der Waals surface area (Å²) in [7, 11) is -3.82. The number of carbonyl (C=O) groups is 1. The molecule has 1 heterocycles. The second kappa shape index (κ2) is 6.26. The SMILES string of the molecule is O=C(O)c1ccc2c(c1)CN(S(=O)(=O)c1ccc([N+](=O)[O-])cc1)CC2. The average Bonchev–Trinajstić information content (AvgIpc) is 2.60. The van der Waals surface area contributed by atoms with Crippen molar-refractivity contribution in [1.29, 1.82) is 0 Å². The van der Waals surface area contributed by atoms with Crippen LogP contribution in [0.1, 0.15) is 21.5 Å². The van der Waals surface area contributed by atoms with Crippen molar-refractivity contribution in [1.82, 2.24) is 4.31 Å². The molecule has 0 aliphatic carbocycles. The Bertz CT molecular complexity index is 953. The van der Waals surface area contributed by atoms with Gasteiger partial charge in [-0.1, -0.05) is 6.07 Å². The number of benzene rings is 2. The normalized spacial score (nSPS) is 14.7. The van der Waals surface area contributed by atoms with Crippen molar-refractivity contribution >= 4 is 21.7 Å². The third-order valence-corrected chi connectivity index (χ3v) is 5.98. The van der Waals surface area contributed by atoms with E-state index in [1.807, 2.05) is 0 Å². The van der Waals surface area contributed by atoms with E-state index in [9.17, 15) is 23.3 Å². The molecule has 130 valence electrons. The van der Waals surface area contributed by atoms with Crippen LogP contribution in [-0.4, -0.2) is 35.3 Å². The zero-order valence-electron chi connectivity index (χ0n) is 13.0. The van der Waals surface area contributed by atoms with Gasteiger partial charge in [0.25, 0.3) is 5.69 Å². The number of sulfonamides is 1. The number of carboxylic acid groups (broad SMARTS) is 1. The van der Waals surface area contributed by atoms with E-state index in [0.29, 0.717) is 12.0 Å². The van der Waals surface area contributed by atoms with E-state index in [1.165, 1.54) is 28.6 Å². The van der Waals surface area contributed by atoms with Gasteiger partial charge in [-0.3, -0.25) is 10.1 Å². The predicted octanol–water partition coefficient (Wildman–Crippen LogP) is 2.04. The molecule has 2 aromatic rings. The third-order valence-electron chi connectivity index (χ3n) is 4.12. The Kier molecular flexibility index (Phi) is 4.27. The smallest absolute Gasteiger partial charge is 0.335 e. The number of nitro groups is 1. The summed E-state index contributed by atoms with van der Waals surface area (Å²) in [6.45, 7) is 0.328. The second-order valence-electron chi connectivity index (χ2n) is 5.63. The van der Waals surface area contributed by atoms with E-state index in [0.717, 1.165) is 17.7 Å². The van der Waals surface area contributed by atoms with Crippen LogP contribution < -0.4 is 0 Å². The van der Waals surface area contributed by atoms with Gasteiger partial charge in [0.05, 0.1) is 15.4 Å². The molecule has 0 spiro atoms. The molecule has 1 aliphatic heterocycles.